The van der Waals surface area contributed by atoms with E-state index < -0.39 is 30.8 Å². The molecular formula is C6H7F2NaO4. The van der Waals surface area contributed by atoms with Gasteiger partial charge in [-0.25, -0.2) is 8.78 Å². The third kappa shape index (κ3) is 5.30. The van der Waals surface area contributed by atoms with Crippen molar-refractivity contribution in [2.24, 2.45) is 0 Å². The van der Waals surface area contributed by atoms with Crippen molar-refractivity contribution >= 4 is 12.3 Å². The molecule has 0 radical (unpaired) electrons. The van der Waals surface area contributed by atoms with Crippen molar-refractivity contribution in [2.45, 2.75) is 24.9 Å². The summed E-state index contributed by atoms with van der Waals surface area (Å²) in [6, 6.07) is 0. The minimum Gasteiger partial charge on any atom is -0.550 e. The van der Waals surface area contributed by atoms with E-state index in [-0.39, 0.29) is 35.8 Å². The number of aliphatic carboxylic acids is 1. The Kier molecular flexibility index (Phi) is 7.62. The second-order valence-electron chi connectivity index (χ2n) is 2.32. The number of aliphatic hydroxyl groups is 1. The molecule has 0 spiro atoms. The van der Waals surface area contributed by atoms with Gasteiger partial charge in [0.2, 0.25) is 0 Å². The Hall–Kier alpha value is -0.0400. The largest absolute Gasteiger partial charge is 1.00 e. The van der Waals surface area contributed by atoms with E-state index in [2.05, 4.69) is 0 Å². The fourth-order valence-corrected chi connectivity index (χ4v) is 0.633. The van der Waals surface area contributed by atoms with Crippen LogP contribution in [0.25, 0.3) is 0 Å². The molecule has 0 amide bonds. The molecule has 0 aromatic rings. The molecule has 0 aromatic carbocycles. The molecule has 0 aliphatic heterocycles. The fraction of sp³-hybridized carbons (Fsp3) is 0.667. The van der Waals surface area contributed by atoms with Crippen LogP contribution in [0.15, 0.2) is 0 Å². The summed E-state index contributed by atoms with van der Waals surface area (Å²) in [5, 5.41) is 18.7. The van der Waals surface area contributed by atoms with Gasteiger partial charge < -0.3 is 19.8 Å². The Bertz CT molecular complexity index is 187. The van der Waals surface area contributed by atoms with Crippen LogP contribution in [0.4, 0.5) is 8.78 Å². The average molecular weight is 204 g/mol. The van der Waals surface area contributed by atoms with E-state index in [0.29, 0.717) is 0 Å². The van der Waals surface area contributed by atoms with Gasteiger partial charge in [-0.15, -0.1) is 0 Å². The molecule has 0 aromatic heterocycles. The van der Waals surface area contributed by atoms with Crippen molar-refractivity contribution in [1.82, 2.24) is 0 Å². The molecule has 0 aliphatic carbocycles. The average Bonchev–Trinajstić information content (AvgIpc) is 1.85. The van der Waals surface area contributed by atoms with Gasteiger partial charge in [-0.05, 0) is 0 Å². The van der Waals surface area contributed by atoms with Crippen LogP contribution in [-0.4, -0.2) is 29.4 Å². The van der Waals surface area contributed by atoms with Crippen LogP contribution >= 0.6 is 0 Å². The molecule has 0 saturated carbocycles. The number of rotatable bonds is 5. The van der Waals surface area contributed by atoms with Crippen LogP contribution in [0.2, 0.25) is 0 Å². The summed E-state index contributed by atoms with van der Waals surface area (Å²) >= 11 is 0. The van der Waals surface area contributed by atoms with Crippen molar-refractivity contribution < 1.29 is 58.1 Å². The summed E-state index contributed by atoms with van der Waals surface area (Å²) in [5.74, 6) is -1.82. The summed E-state index contributed by atoms with van der Waals surface area (Å²) < 4.78 is 23.9. The van der Waals surface area contributed by atoms with E-state index in [1.54, 1.807) is 0 Å². The van der Waals surface area contributed by atoms with Gasteiger partial charge in [-0.2, -0.15) is 0 Å². The van der Waals surface area contributed by atoms with Gasteiger partial charge in [-0.1, -0.05) is 0 Å². The van der Waals surface area contributed by atoms with Gasteiger partial charge in [0.15, 0.2) is 0 Å². The molecule has 1 unspecified atom stereocenters. The Balaban J connectivity index is 0. The summed E-state index contributed by atoms with van der Waals surface area (Å²) in [6.45, 7) is 0. The normalized spacial score (nSPS) is 14.5. The number of carboxylic acids is 1. The van der Waals surface area contributed by atoms with Crippen molar-refractivity contribution in [1.29, 1.82) is 0 Å². The molecule has 13 heavy (non-hydrogen) atoms. The molecule has 0 saturated heterocycles. The SMILES string of the molecule is O=CCC(O)(CC(=O)[O-])C(F)F.[Na+]. The Morgan fingerprint density at radius 2 is 2.08 bits per heavy atom. The maximum Gasteiger partial charge on any atom is 1.00 e. The zero-order valence-electron chi connectivity index (χ0n) is 7.00. The van der Waals surface area contributed by atoms with Crippen LogP contribution in [0.3, 0.4) is 0 Å². The van der Waals surface area contributed by atoms with Crippen LogP contribution in [0.5, 0.6) is 0 Å². The molecule has 0 aliphatic rings. The number of aldehydes is 1. The van der Waals surface area contributed by atoms with Crippen LogP contribution in [0.1, 0.15) is 12.8 Å². The molecule has 1 N–H and O–H groups in total. The number of alkyl halides is 2. The van der Waals surface area contributed by atoms with E-state index in [4.69, 9.17) is 5.11 Å². The van der Waals surface area contributed by atoms with Gasteiger partial charge in [-0.3, -0.25) is 0 Å². The van der Waals surface area contributed by atoms with Crippen LogP contribution in [-0.2, 0) is 9.59 Å². The summed E-state index contributed by atoms with van der Waals surface area (Å²) in [6.07, 6.45) is -5.41. The van der Waals surface area contributed by atoms with E-state index in [1.807, 2.05) is 0 Å². The first-order valence-corrected chi connectivity index (χ1v) is 3.06. The standard InChI is InChI=1S/C6H8F2O4.Na/c7-5(8)6(12,1-2-9)3-4(10)11;/h2,5,12H,1,3H2,(H,10,11);/q;+1/p-1. The Morgan fingerprint density at radius 3 is 2.31 bits per heavy atom. The fourth-order valence-electron chi connectivity index (χ4n) is 0.633. The Morgan fingerprint density at radius 1 is 1.62 bits per heavy atom. The predicted octanol–water partition coefficient (Wildman–Crippen LogP) is -4.28. The zero-order valence-corrected chi connectivity index (χ0v) is 9.00. The van der Waals surface area contributed by atoms with Crippen LogP contribution < -0.4 is 34.7 Å². The number of carbonyl (C=O) groups is 2. The molecule has 0 bridgehead atoms. The number of halogens is 2. The van der Waals surface area contributed by atoms with Crippen LogP contribution in [0, 0.1) is 0 Å². The minimum atomic E-state index is -3.28. The molecule has 0 fully saturated rings. The van der Waals surface area contributed by atoms with E-state index in [0.717, 1.165) is 0 Å². The molecule has 7 heteroatoms. The van der Waals surface area contributed by atoms with Gasteiger partial charge in [0.05, 0.1) is 0 Å². The number of hydrogen-bond acceptors (Lipinski definition) is 4. The molecule has 0 rings (SSSR count). The smallest absolute Gasteiger partial charge is 0.550 e. The number of hydrogen-bond donors (Lipinski definition) is 1. The first-order chi connectivity index (χ1) is 5.42. The maximum absolute atomic E-state index is 11.9. The summed E-state index contributed by atoms with van der Waals surface area (Å²) in [5.41, 5.74) is -2.79. The molecule has 1 atom stereocenters. The molecule has 0 heterocycles. The number of carboxylic acid groups (broad SMARTS) is 1. The summed E-state index contributed by atoms with van der Waals surface area (Å²) in [7, 11) is 0. The van der Waals surface area contributed by atoms with Crippen molar-refractivity contribution in [2.75, 3.05) is 0 Å². The van der Waals surface area contributed by atoms with E-state index in [9.17, 15) is 23.5 Å². The van der Waals surface area contributed by atoms with Crippen molar-refractivity contribution in [3.63, 3.8) is 0 Å². The minimum absolute atomic E-state index is 0. The molecule has 70 valence electrons. The predicted molar refractivity (Wildman–Crippen MR) is 31.3 cm³/mol. The van der Waals surface area contributed by atoms with Crippen molar-refractivity contribution in [3.05, 3.63) is 0 Å². The molecule has 4 nitrogen and oxygen atoms in total. The van der Waals surface area contributed by atoms with Gasteiger partial charge >= 0.3 is 29.6 Å². The van der Waals surface area contributed by atoms with Gasteiger partial charge in [0.25, 0.3) is 6.43 Å². The topological polar surface area (TPSA) is 77.4 Å². The first-order valence-electron chi connectivity index (χ1n) is 3.06. The second kappa shape index (κ2) is 6.42. The van der Waals surface area contributed by atoms with Crippen molar-refractivity contribution in [3.8, 4) is 0 Å². The Labute approximate surface area is 95.2 Å². The third-order valence-electron chi connectivity index (χ3n) is 1.29. The quantitative estimate of drug-likeness (QED) is 0.363. The van der Waals surface area contributed by atoms with Gasteiger partial charge in [0, 0.05) is 18.8 Å². The van der Waals surface area contributed by atoms with Gasteiger partial charge in [0.1, 0.15) is 11.9 Å². The monoisotopic (exact) mass is 204 g/mol. The molecular weight excluding hydrogens is 197 g/mol. The third-order valence-corrected chi connectivity index (χ3v) is 1.29. The number of carbonyl (C=O) groups excluding carboxylic acids is 2. The van der Waals surface area contributed by atoms with E-state index >= 15 is 0 Å². The zero-order chi connectivity index (χ0) is 9.78. The second-order valence-corrected chi connectivity index (χ2v) is 2.32. The van der Waals surface area contributed by atoms with E-state index in [1.165, 1.54) is 0 Å². The first kappa shape index (κ1) is 15.4. The summed E-state index contributed by atoms with van der Waals surface area (Å²) in [4.78, 5) is 19.7. The maximum atomic E-state index is 11.9.